The maximum Gasteiger partial charge on any atom is 0.110 e. The predicted octanol–water partition coefficient (Wildman–Crippen LogP) is 2.30. The zero-order chi connectivity index (χ0) is 7.68. The molecular formula is C8H13ClN2S. The van der Waals surface area contributed by atoms with Crippen molar-refractivity contribution in [1.29, 1.82) is 0 Å². The van der Waals surface area contributed by atoms with Crippen molar-refractivity contribution in [1.82, 2.24) is 10.3 Å². The standard InChI is InChI=1S/C8H12N2S.ClH/c1-6-5-10-8(11-6)7-3-2-4-9-7;/h5,7,9H,2-4H2,1H3;1H. The van der Waals surface area contributed by atoms with Crippen LogP contribution in [0.5, 0.6) is 0 Å². The third-order valence-electron chi connectivity index (χ3n) is 2.00. The number of halogens is 1. The average Bonchev–Trinajstić information content (AvgIpc) is 2.55. The topological polar surface area (TPSA) is 24.9 Å². The number of rotatable bonds is 1. The molecule has 0 aliphatic carbocycles. The van der Waals surface area contributed by atoms with Gasteiger partial charge in [0.2, 0.25) is 0 Å². The molecule has 0 radical (unpaired) electrons. The minimum absolute atomic E-state index is 0. The molecule has 1 fully saturated rings. The second kappa shape index (κ2) is 4.21. The summed E-state index contributed by atoms with van der Waals surface area (Å²) in [6.45, 7) is 3.26. The Morgan fingerprint density at radius 3 is 3.00 bits per heavy atom. The van der Waals surface area contributed by atoms with Crippen molar-refractivity contribution in [2.24, 2.45) is 0 Å². The lowest BCUT2D eigenvalue weighted by molar-refractivity contribution is 0.643. The highest BCUT2D eigenvalue weighted by molar-refractivity contribution is 7.11. The lowest BCUT2D eigenvalue weighted by Gasteiger charge is -2.03. The second-order valence-corrected chi connectivity index (χ2v) is 4.22. The summed E-state index contributed by atoms with van der Waals surface area (Å²) < 4.78 is 0. The van der Waals surface area contributed by atoms with Crippen molar-refractivity contribution in [3.63, 3.8) is 0 Å². The van der Waals surface area contributed by atoms with Gasteiger partial charge in [0, 0.05) is 11.1 Å². The predicted molar refractivity (Wildman–Crippen MR) is 54.1 cm³/mol. The quantitative estimate of drug-likeness (QED) is 0.760. The lowest BCUT2D eigenvalue weighted by Crippen LogP contribution is -2.12. The molecule has 1 saturated heterocycles. The molecule has 1 atom stereocenters. The fraction of sp³-hybridized carbons (Fsp3) is 0.625. The third kappa shape index (κ3) is 1.97. The van der Waals surface area contributed by atoms with Crippen LogP contribution in [-0.4, -0.2) is 11.5 Å². The summed E-state index contributed by atoms with van der Waals surface area (Å²) in [4.78, 5) is 5.67. The number of nitrogens with one attached hydrogen (secondary N) is 1. The van der Waals surface area contributed by atoms with Gasteiger partial charge in [0.05, 0.1) is 6.04 Å². The number of thiazole rings is 1. The molecule has 0 spiro atoms. The Balaban J connectivity index is 0.000000720. The highest BCUT2D eigenvalue weighted by Gasteiger charge is 2.18. The van der Waals surface area contributed by atoms with E-state index in [0.717, 1.165) is 6.54 Å². The Hall–Kier alpha value is -0.120. The zero-order valence-electron chi connectivity index (χ0n) is 7.04. The van der Waals surface area contributed by atoms with E-state index in [-0.39, 0.29) is 12.4 Å². The Bertz CT molecular complexity index is 243. The van der Waals surface area contributed by atoms with E-state index >= 15 is 0 Å². The lowest BCUT2D eigenvalue weighted by atomic mass is 10.2. The van der Waals surface area contributed by atoms with E-state index in [2.05, 4.69) is 17.2 Å². The smallest absolute Gasteiger partial charge is 0.110 e. The second-order valence-electron chi connectivity index (χ2n) is 2.96. The number of aryl methyl sites for hydroxylation is 1. The van der Waals surface area contributed by atoms with E-state index in [9.17, 15) is 0 Å². The van der Waals surface area contributed by atoms with Crippen LogP contribution in [0.25, 0.3) is 0 Å². The van der Waals surface area contributed by atoms with Gasteiger partial charge in [0.1, 0.15) is 5.01 Å². The van der Waals surface area contributed by atoms with Crippen molar-refractivity contribution >= 4 is 23.7 Å². The van der Waals surface area contributed by atoms with Gasteiger partial charge in [-0.25, -0.2) is 4.98 Å². The zero-order valence-corrected chi connectivity index (χ0v) is 8.67. The fourth-order valence-corrected chi connectivity index (χ4v) is 2.31. The molecule has 2 rings (SSSR count). The van der Waals surface area contributed by atoms with E-state index in [1.165, 1.54) is 22.7 Å². The minimum Gasteiger partial charge on any atom is -0.308 e. The molecule has 0 aromatic carbocycles. The molecule has 1 aliphatic heterocycles. The minimum atomic E-state index is 0. The first-order chi connectivity index (χ1) is 5.36. The number of nitrogens with zero attached hydrogens (tertiary/aromatic N) is 1. The molecule has 12 heavy (non-hydrogen) atoms. The molecule has 1 aromatic rings. The van der Waals surface area contributed by atoms with E-state index in [1.807, 2.05) is 17.5 Å². The molecular weight excluding hydrogens is 192 g/mol. The van der Waals surface area contributed by atoms with Crippen molar-refractivity contribution in [3.05, 3.63) is 16.1 Å². The highest BCUT2D eigenvalue weighted by Crippen LogP contribution is 2.26. The van der Waals surface area contributed by atoms with E-state index in [4.69, 9.17) is 0 Å². The highest BCUT2D eigenvalue weighted by atomic mass is 35.5. The molecule has 0 saturated carbocycles. The SMILES string of the molecule is Cc1cnc(C2CCCN2)s1.Cl. The summed E-state index contributed by atoms with van der Waals surface area (Å²) >= 11 is 1.81. The summed E-state index contributed by atoms with van der Waals surface area (Å²) in [5.41, 5.74) is 0. The van der Waals surface area contributed by atoms with Crippen LogP contribution in [0.15, 0.2) is 6.20 Å². The molecule has 2 heterocycles. The molecule has 4 heteroatoms. The van der Waals surface area contributed by atoms with Crippen LogP contribution in [0.1, 0.15) is 28.8 Å². The van der Waals surface area contributed by atoms with Crippen LogP contribution < -0.4 is 5.32 Å². The normalized spacial score (nSPS) is 22.2. The molecule has 2 nitrogen and oxygen atoms in total. The maximum absolute atomic E-state index is 4.35. The molecule has 1 N–H and O–H groups in total. The summed E-state index contributed by atoms with van der Waals surface area (Å²) in [5, 5.41) is 4.70. The Morgan fingerprint density at radius 2 is 2.50 bits per heavy atom. The van der Waals surface area contributed by atoms with E-state index in [1.54, 1.807) is 0 Å². The number of aromatic nitrogens is 1. The molecule has 1 unspecified atom stereocenters. The molecule has 1 aromatic heterocycles. The van der Waals surface area contributed by atoms with Gasteiger partial charge in [-0.15, -0.1) is 23.7 Å². The third-order valence-corrected chi connectivity index (χ3v) is 3.02. The first kappa shape index (κ1) is 9.96. The number of hydrogen-bond acceptors (Lipinski definition) is 3. The summed E-state index contributed by atoms with van der Waals surface area (Å²) in [7, 11) is 0. The van der Waals surface area contributed by atoms with Crippen molar-refractivity contribution < 1.29 is 0 Å². The van der Waals surface area contributed by atoms with Gasteiger partial charge in [-0.1, -0.05) is 0 Å². The first-order valence-corrected chi connectivity index (χ1v) is 4.83. The van der Waals surface area contributed by atoms with Crippen molar-refractivity contribution in [3.8, 4) is 0 Å². The molecule has 0 amide bonds. The maximum atomic E-state index is 4.35. The van der Waals surface area contributed by atoms with Crippen molar-refractivity contribution in [2.45, 2.75) is 25.8 Å². The summed E-state index contributed by atoms with van der Waals surface area (Å²) in [6, 6.07) is 0.550. The summed E-state index contributed by atoms with van der Waals surface area (Å²) in [6.07, 6.45) is 4.51. The molecule has 0 bridgehead atoms. The summed E-state index contributed by atoms with van der Waals surface area (Å²) in [5.74, 6) is 0. The Labute approximate surface area is 82.8 Å². The van der Waals surface area contributed by atoms with Crippen molar-refractivity contribution in [2.75, 3.05) is 6.54 Å². The van der Waals surface area contributed by atoms with Crippen LogP contribution >= 0.6 is 23.7 Å². The Morgan fingerprint density at radius 1 is 1.67 bits per heavy atom. The van der Waals surface area contributed by atoms with Gasteiger partial charge in [-0.05, 0) is 26.3 Å². The van der Waals surface area contributed by atoms with E-state index < -0.39 is 0 Å². The van der Waals surface area contributed by atoms with Gasteiger partial charge in [0.15, 0.2) is 0 Å². The van der Waals surface area contributed by atoms with Crippen LogP contribution in [0, 0.1) is 6.92 Å². The Kier molecular flexibility index (Phi) is 3.50. The van der Waals surface area contributed by atoms with Gasteiger partial charge in [-0.3, -0.25) is 0 Å². The van der Waals surface area contributed by atoms with Crippen LogP contribution in [0.3, 0.4) is 0 Å². The average molecular weight is 205 g/mol. The van der Waals surface area contributed by atoms with E-state index in [0.29, 0.717) is 6.04 Å². The van der Waals surface area contributed by atoms with Gasteiger partial charge in [0.25, 0.3) is 0 Å². The molecule has 1 aliphatic rings. The first-order valence-electron chi connectivity index (χ1n) is 4.02. The largest absolute Gasteiger partial charge is 0.308 e. The van der Waals surface area contributed by atoms with Crippen LogP contribution in [-0.2, 0) is 0 Å². The number of hydrogen-bond donors (Lipinski definition) is 1. The van der Waals surface area contributed by atoms with Gasteiger partial charge >= 0.3 is 0 Å². The van der Waals surface area contributed by atoms with Gasteiger partial charge in [-0.2, -0.15) is 0 Å². The fourth-order valence-electron chi connectivity index (χ4n) is 1.43. The monoisotopic (exact) mass is 204 g/mol. The van der Waals surface area contributed by atoms with Gasteiger partial charge < -0.3 is 5.32 Å². The molecule has 68 valence electrons. The van der Waals surface area contributed by atoms with Crippen LogP contribution in [0.4, 0.5) is 0 Å². The van der Waals surface area contributed by atoms with Crippen LogP contribution in [0.2, 0.25) is 0 Å².